The van der Waals surface area contributed by atoms with Crippen molar-refractivity contribution in [2.24, 2.45) is 0 Å². The van der Waals surface area contributed by atoms with Crippen LogP contribution in [0.25, 0.3) is 10.8 Å². The Morgan fingerprint density at radius 3 is 2.39 bits per heavy atom. The zero-order valence-electron chi connectivity index (χ0n) is 20.0. The average Bonchev–Trinajstić information content (AvgIpc) is 2.74. The number of rotatable bonds is 11. The number of allylic oxidation sites excluding steroid dienone is 1. The minimum Gasteiger partial charge on any atom is -0.496 e. The molecular weight excluding hydrogens is 386 g/mol. The maximum absolute atomic E-state index is 13.8. The number of carbonyl (C=O) groups is 1. The number of methoxy groups -OCH3 is 1. The summed E-state index contributed by atoms with van der Waals surface area (Å²) in [4.78, 5) is 15.7. The summed E-state index contributed by atoms with van der Waals surface area (Å²) < 4.78 is 5.62. The highest BCUT2D eigenvalue weighted by Gasteiger charge is 2.28. The molecule has 170 valence electrons. The van der Waals surface area contributed by atoms with E-state index in [1.807, 2.05) is 75.1 Å². The Bertz CT molecular complexity index is 877. The number of benzene rings is 2. The Balaban J connectivity index is 2.54. The molecule has 2 aromatic rings. The molecule has 1 amide bonds. The SMILES string of the molecule is CCCCCC/C=C\[C@@H](O)c1ccc2cccc(OC)c2c1C(=O)N(C(C)C)C(C)C. The van der Waals surface area contributed by atoms with E-state index in [1.165, 1.54) is 19.3 Å². The molecule has 0 aromatic heterocycles. The lowest BCUT2D eigenvalue weighted by Gasteiger charge is -2.32. The Hall–Kier alpha value is -2.33. The van der Waals surface area contributed by atoms with Crippen LogP contribution < -0.4 is 4.74 Å². The van der Waals surface area contributed by atoms with Gasteiger partial charge in [-0.1, -0.05) is 62.6 Å². The van der Waals surface area contributed by atoms with Crippen molar-refractivity contribution in [2.45, 2.75) is 84.9 Å². The standard InChI is InChI=1S/C27H39NO3/c1-7-8-9-10-11-12-15-23(29)22-18-17-21-14-13-16-24(31-6)25(21)26(22)27(30)28(19(2)3)20(4)5/h12-20,23,29H,7-11H2,1-6H3/b15-12-/t23-/m1/s1. The molecule has 2 aromatic carbocycles. The van der Waals surface area contributed by atoms with Crippen LogP contribution in [0, 0.1) is 0 Å². The van der Waals surface area contributed by atoms with Crippen molar-refractivity contribution in [3.05, 3.63) is 53.6 Å². The van der Waals surface area contributed by atoms with Crippen LogP contribution in [0.2, 0.25) is 0 Å². The number of fused-ring (bicyclic) bond motifs is 1. The van der Waals surface area contributed by atoms with Crippen LogP contribution in [-0.2, 0) is 0 Å². The lowest BCUT2D eigenvalue weighted by atomic mass is 9.93. The largest absolute Gasteiger partial charge is 0.496 e. The number of hydrogen-bond donors (Lipinski definition) is 1. The van der Waals surface area contributed by atoms with Gasteiger partial charge in [-0.2, -0.15) is 0 Å². The first-order chi connectivity index (χ1) is 14.8. The van der Waals surface area contributed by atoms with Crippen molar-refractivity contribution in [1.82, 2.24) is 4.90 Å². The van der Waals surface area contributed by atoms with Crippen LogP contribution in [0.15, 0.2) is 42.5 Å². The second-order valence-corrected chi connectivity index (χ2v) is 8.71. The number of carbonyl (C=O) groups excluding carboxylic acids is 1. The molecule has 4 heteroatoms. The zero-order chi connectivity index (χ0) is 23.0. The van der Waals surface area contributed by atoms with Gasteiger partial charge in [-0.05, 0) is 57.6 Å². The predicted molar refractivity (Wildman–Crippen MR) is 130 cm³/mol. The number of hydrogen-bond acceptors (Lipinski definition) is 3. The van der Waals surface area contributed by atoms with Crippen LogP contribution in [-0.4, -0.2) is 35.1 Å². The molecule has 0 unspecified atom stereocenters. The van der Waals surface area contributed by atoms with E-state index in [0.29, 0.717) is 16.9 Å². The molecule has 4 nitrogen and oxygen atoms in total. The molecular formula is C27H39NO3. The number of aliphatic hydroxyl groups is 1. The van der Waals surface area contributed by atoms with Crippen LogP contribution in [0.5, 0.6) is 5.75 Å². The van der Waals surface area contributed by atoms with E-state index in [4.69, 9.17) is 4.74 Å². The van der Waals surface area contributed by atoms with Crippen molar-refractivity contribution in [2.75, 3.05) is 7.11 Å². The van der Waals surface area contributed by atoms with Gasteiger partial charge in [0, 0.05) is 17.5 Å². The summed E-state index contributed by atoms with van der Waals surface area (Å²) in [5.74, 6) is 0.566. The molecule has 1 atom stereocenters. The van der Waals surface area contributed by atoms with E-state index in [0.717, 1.165) is 23.6 Å². The molecule has 0 saturated heterocycles. The van der Waals surface area contributed by atoms with Crippen LogP contribution in [0.1, 0.15) is 88.7 Å². The number of ether oxygens (including phenoxy) is 1. The van der Waals surface area contributed by atoms with E-state index >= 15 is 0 Å². The third kappa shape index (κ3) is 6.10. The van der Waals surface area contributed by atoms with E-state index in [1.54, 1.807) is 7.11 Å². The Kier molecular flexibility index (Phi) is 9.57. The predicted octanol–water partition coefficient (Wildman–Crippen LogP) is 6.67. The van der Waals surface area contributed by atoms with Crippen LogP contribution in [0.4, 0.5) is 0 Å². The zero-order valence-corrected chi connectivity index (χ0v) is 20.0. The van der Waals surface area contributed by atoms with Crippen LogP contribution >= 0.6 is 0 Å². The number of amides is 1. The van der Waals surface area contributed by atoms with E-state index in [2.05, 4.69) is 6.92 Å². The summed E-state index contributed by atoms with van der Waals surface area (Å²) in [5, 5.41) is 12.7. The molecule has 1 N–H and O–H groups in total. The second kappa shape index (κ2) is 11.9. The van der Waals surface area contributed by atoms with E-state index < -0.39 is 6.10 Å². The minimum absolute atomic E-state index is 0.0385. The molecule has 2 rings (SSSR count). The molecule has 0 fully saturated rings. The van der Waals surface area contributed by atoms with Gasteiger partial charge in [0.1, 0.15) is 5.75 Å². The summed E-state index contributed by atoms with van der Waals surface area (Å²) in [7, 11) is 1.62. The average molecular weight is 426 g/mol. The number of unbranched alkanes of at least 4 members (excludes halogenated alkanes) is 4. The summed E-state index contributed by atoms with van der Waals surface area (Å²) in [6.07, 6.45) is 8.69. The smallest absolute Gasteiger partial charge is 0.255 e. The van der Waals surface area contributed by atoms with Crippen molar-refractivity contribution >= 4 is 16.7 Å². The lowest BCUT2D eigenvalue weighted by molar-refractivity contribution is 0.0641. The van der Waals surface area contributed by atoms with Crippen molar-refractivity contribution < 1.29 is 14.6 Å². The highest BCUT2D eigenvalue weighted by atomic mass is 16.5. The van der Waals surface area contributed by atoms with Gasteiger partial charge in [-0.15, -0.1) is 0 Å². The fraction of sp³-hybridized carbons (Fsp3) is 0.519. The monoisotopic (exact) mass is 425 g/mol. The van der Waals surface area contributed by atoms with Gasteiger partial charge in [-0.25, -0.2) is 0 Å². The molecule has 0 saturated carbocycles. The van der Waals surface area contributed by atoms with E-state index in [-0.39, 0.29) is 18.0 Å². The van der Waals surface area contributed by atoms with Gasteiger partial charge in [-0.3, -0.25) is 4.79 Å². The summed E-state index contributed by atoms with van der Waals surface area (Å²) in [5.41, 5.74) is 1.15. The van der Waals surface area contributed by atoms with Crippen molar-refractivity contribution in [3.63, 3.8) is 0 Å². The fourth-order valence-corrected chi connectivity index (χ4v) is 4.22. The normalized spacial score (nSPS) is 12.8. The maximum atomic E-state index is 13.8. The van der Waals surface area contributed by atoms with Crippen LogP contribution in [0.3, 0.4) is 0 Å². The molecule has 0 radical (unpaired) electrons. The van der Waals surface area contributed by atoms with Gasteiger partial charge in [0.2, 0.25) is 0 Å². The highest BCUT2D eigenvalue weighted by Crippen LogP contribution is 2.35. The maximum Gasteiger partial charge on any atom is 0.255 e. The quantitative estimate of drug-likeness (QED) is 0.323. The molecule has 0 bridgehead atoms. The first-order valence-corrected chi connectivity index (χ1v) is 11.6. The molecule has 0 aliphatic carbocycles. The van der Waals surface area contributed by atoms with Crippen molar-refractivity contribution in [1.29, 1.82) is 0 Å². The van der Waals surface area contributed by atoms with Gasteiger partial charge in [0.25, 0.3) is 5.91 Å². The van der Waals surface area contributed by atoms with Crippen molar-refractivity contribution in [3.8, 4) is 5.75 Å². The van der Waals surface area contributed by atoms with Gasteiger partial charge in [0.15, 0.2) is 0 Å². The molecule has 31 heavy (non-hydrogen) atoms. The topological polar surface area (TPSA) is 49.8 Å². The Labute approximate surface area is 187 Å². The Morgan fingerprint density at radius 2 is 1.77 bits per heavy atom. The van der Waals surface area contributed by atoms with Gasteiger partial charge in [0.05, 0.1) is 18.8 Å². The minimum atomic E-state index is -0.847. The third-order valence-corrected chi connectivity index (χ3v) is 5.68. The Morgan fingerprint density at radius 1 is 1.06 bits per heavy atom. The molecule has 0 aliphatic heterocycles. The van der Waals surface area contributed by atoms with Gasteiger partial charge < -0.3 is 14.7 Å². The number of aliphatic hydroxyl groups excluding tert-OH is 1. The summed E-state index contributed by atoms with van der Waals surface area (Å²) >= 11 is 0. The fourth-order valence-electron chi connectivity index (χ4n) is 4.22. The molecule has 0 heterocycles. The third-order valence-electron chi connectivity index (χ3n) is 5.68. The summed E-state index contributed by atoms with van der Waals surface area (Å²) in [6.45, 7) is 10.3. The van der Waals surface area contributed by atoms with Gasteiger partial charge >= 0.3 is 0 Å². The first-order valence-electron chi connectivity index (χ1n) is 11.6. The number of nitrogens with zero attached hydrogens (tertiary/aromatic N) is 1. The highest BCUT2D eigenvalue weighted by molar-refractivity contribution is 6.11. The molecule has 0 spiro atoms. The van der Waals surface area contributed by atoms with E-state index in [9.17, 15) is 9.90 Å². The molecule has 0 aliphatic rings. The first kappa shape index (κ1) is 24.9. The summed E-state index contributed by atoms with van der Waals surface area (Å²) in [6, 6.07) is 9.67. The lowest BCUT2D eigenvalue weighted by Crippen LogP contribution is -2.42. The second-order valence-electron chi connectivity index (χ2n) is 8.71.